The Kier molecular flexibility index (Phi) is 4.90. The number of hydrogen-bond donors (Lipinski definition) is 1. The first-order valence-corrected chi connectivity index (χ1v) is 9.19. The molecule has 110 valence electrons. The van der Waals surface area contributed by atoms with Crippen molar-refractivity contribution < 1.29 is 13.2 Å². The Hall–Kier alpha value is -1.12. The maximum atomic E-state index is 12.3. The molecule has 0 aliphatic heterocycles. The number of nitrogens with one attached hydrogen (secondary N) is 1. The molecule has 1 N–H and O–H groups in total. The average Bonchev–Trinajstić information content (AvgIpc) is 2.40. The zero-order valence-electron chi connectivity index (χ0n) is 10.9. The predicted octanol–water partition coefficient (Wildman–Crippen LogP) is 3.55. The Balaban J connectivity index is 2.25. The van der Waals surface area contributed by atoms with Gasteiger partial charge in [-0.3, -0.25) is 9.52 Å². The molecule has 0 saturated heterocycles. The van der Waals surface area contributed by atoms with Gasteiger partial charge in [0.25, 0.3) is 0 Å². The van der Waals surface area contributed by atoms with Crippen LogP contribution < -0.4 is 4.72 Å². The summed E-state index contributed by atoms with van der Waals surface area (Å²) in [4.78, 5) is 12.3. The van der Waals surface area contributed by atoms with Crippen molar-refractivity contribution in [2.45, 2.75) is 0 Å². The van der Waals surface area contributed by atoms with Gasteiger partial charge in [0.15, 0.2) is 5.78 Å². The molecule has 0 atom stereocenters. The van der Waals surface area contributed by atoms with E-state index in [0.717, 1.165) is 9.83 Å². The van der Waals surface area contributed by atoms with E-state index in [-0.39, 0.29) is 5.78 Å². The standard InChI is InChI=1S/C14H11ClINO3S/c1-21(19,20)17-11-5-2-9(3-6-11)14(18)10-4-7-13(16)12(15)8-10/h2-8,17H,1H3. The molecule has 4 nitrogen and oxygen atoms in total. The van der Waals surface area contributed by atoms with E-state index >= 15 is 0 Å². The molecule has 2 rings (SSSR count). The fourth-order valence-electron chi connectivity index (χ4n) is 1.71. The van der Waals surface area contributed by atoms with Gasteiger partial charge in [0, 0.05) is 20.4 Å². The maximum absolute atomic E-state index is 12.3. The third-order valence-corrected chi connectivity index (χ3v) is 4.81. The second-order valence-corrected chi connectivity index (χ2v) is 7.73. The van der Waals surface area contributed by atoms with Crippen molar-refractivity contribution in [3.8, 4) is 0 Å². The normalized spacial score (nSPS) is 11.2. The van der Waals surface area contributed by atoms with Gasteiger partial charge in [-0.2, -0.15) is 0 Å². The fourth-order valence-corrected chi connectivity index (χ4v) is 2.79. The van der Waals surface area contributed by atoms with Crippen LogP contribution in [0.4, 0.5) is 5.69 Å². The van der Waals surface area contributed by atoms with Gasteiger partial charge in [-0.05, 0) is 65.1 Å². The van der Waals surface area contributed by atoms with E-state index in [9.17, 15) is 13.2 Å². The van der Waals surface area contributed by atoms with Crippen molar-refractivity contribution >= 4 is 55.7 Å². The Morgan fingerprint density at radius 2 is 1.67 bits per heavy atom. The summed E-state index contributed by atoms with van der Waals surface area (Å²) in [7, 11) is -3.33. The molecule has 0 aliphatic rings. The highest BCUT2D eigenvalue weighted by Crippen LogP contribution is 2.22. The summed E-state index contributed by atoms with van der Waals surface area (Å²) < 4.78 is 25.4. The van der Waals surface area contributed by atoms with E-state index in [0.29, 0.717) is 21.8 Å². The first-order chi connectivity index (χ1) is 9.76. The lowest BCUT2D eigenvalue weighted by molar-refractivity contribution is 0.103. The summed E-state index contributed by atoms with van der Waals surface area (Å²) >= 11 is 8.09. The van der Waals surface area contributed by atoms with Gasteiger partial charge >= 0.3 is 0 Å². The molecule has 0 fully saturated rings. The number of anilines is 1. The van der Waals surface area contributed by atoms with Crippen molar-refractivity contribution in [2.24, 2.45) is 0 Å². The average molecular weight is 436 g/mol. The van der Waals surface area contributed by atoms with Crippen molar-refractivity contribution in [2.75, 3.05) is 11.0 Å². The van der Waals surface area contributed by atoms with E-state index in [4.69, 9.17) is 11.6 Å². The minimum atomic E-state index is -3.33. The quantitative estimate of drug-likeness (QED) is 0.590. The summed E-state index contributed by atoms with van der Waals surface area (Å²) in [5.41, 5.74) is 1.37. The van der Waals surface area contributed by atoms with Crippen LogP contribution in [0.1, 0.15) is 15.9 Å². The van der Waals surface area contributed by atoms with Gasteiger partial charge in [-0.1, -0.05) is 11.6 Å². The number of halogens is 2. The Bertz CT molecular complexity index is 788. The van der Waals surface area contributed by atoms with Gasteiger partial charge in [0.2, 0.25) is 10.0 Å². The van der Waals surface area contributed by atoms with Crippen LogP contribution in [0.2, 0.25) is 5.02 Å². The van der Waals surface area contributed by atoms with Crippen molar-refractivity contribution in [3.05, 3.63) is 62.2 Å². The van der Waals surface area contributed by atoms with Gasteiger partial charge in [0.1, 0.15) is 0 Å². The molecule has 21 heavy (non-hydrogen) atoms. The Morgan fingerprint density at radius 1 is 1.10 bits per heavy atom. The molecule has 0 unspecified atom stereocenters. The third-order valence-electron chi connectivity index (χ3n) is 2.63. The van der Waals surface area contributed by atoms with Gasteiger partial charge < -0.3 is 0 Å². The molecule has 2 aromatic rings. The van der Waals surface area contributed by atoms with Gasteiger partial charge in [-0.15, -0.1) is 0 Å². The van der Waals surface area contributed by atoms with E-state index in [1.165, 1.54) is 0 Å². The third kappa shape index (κ3) is 4.42. The van der Waals surface area contributed by atoms with Crippen LogP contribution in [0.25, 0.3) is 0 Å². The number of carbonyl (C=O) groups is 1. The molecule has 0 aromatic heterocycles. The van der Waals surface area contributed by atoms with Crippen LogP contribution in [0.3, 0.4) is 0 Å². The number of ketones is 1. The molecule has 0 saturated carbocycles. The highest BCUT2D eigenvalue weighted by Gasteiger charge is 2.11. The van der Waals surface area contributed by atoms with E-state index in [1.807, 2.05) is 0 Å². The van der Waals surface area contributed by atoms with E-state index in [2.05, 4.69) is 27.3 Å². The molecule has 2 aromatic carbocycles. The van der Waals surface area contributed by atoms with Crippen molar-refractivity contribution in [1.82, 2.24) is 0 Å². The SMILES string of the molecule is CS(=O)(=O)Nc1ccc(C(=O)c2ccc(I)c(Cl)c2)cc1. The van der Waals surface area contributed by atoms with Gasteiger partial charge in [-0.25, -0.2) is 8.42 Å². The van der Waals surface area contributed by atoms with Crippen LogP contribution in [0.5, 0.6) is 0 Å². The van der Waals surface area contributed by atoms with Crippen molar-refractivity contribution in [1.29, 1.82) is 0 Å². The topological polar surface area (TPSA) is 63.2 Å². The van der Waals surface area contributed by atoms with Crippen LogP contribution in [-0.2, 0) is 10.0 Å². The lowest BCUT2D eigenvalue weighted by atomic mass is 10.0. The minimum Gasteiger partial charge on any atom is -0.289 e. The fraction of sp³-hybridized carbons (Fsp3) is 0.0714. The lowest BCUT2D eigenvalue weighted by Crippen LogP contribution is -2.09. The molecule has 0 aliphatic carbocycles. The number of hydrogen-bond acceptors (Lipinski definition) is 3. The number of carbonyl (C=O) groups excluding carboxylic acids is 1. The van der Waals surface area contributed by atoms with Crippen LogP contribution in [-0.4, -0.2) is 20.5 Å². The summed E-state index contributed by atoms with van der Waals surface area (Å²) in [5.74, 6) is -0.167. The first-order valence-electron chi connectivity index (χ1n) is 5.84. The number of sulfonamides is 1. The van der Waals surface area contributed by atoms with E-state index < -0.39 is 10.0 Å². The molecule has 7 heteroatoms. The largest absolute Gasteiger partial charge is 0.289 e. The lowest BCUT2D eigenvalue weighted by Gasteiger charge is -2.06. The van der Waals surface area contributed by atoms with E-state index in [1.54, 1.807) is 42.5 Å². The number of rotatable bonds is 4. The maximum Gasteiger partial charge on any atom is 0.229 e. The van der Waals surface area contributed by atoms with Gasteiger partial charge in [0.05, 0.1) is 11.3 Å². The highest BCUT2D eigenvalue weighted by molar-refractivity contribution is 14.1. The Labute approximate surface area is 141 Å². The smallest absolute Gasteiger partial charge is 0.229 e. The van der Waals surface area contributed by atoms with Crippen molar-refractivity contribution in [3.63, 3.8) is 0 Å². The monoisotopic (exact) mass is 435 g/mol. The summed E-state index contributed by atoms with van der Waals surface area (Å²) in [6.45, 7) is 0. The number of benzene rings is 2. The molecule has 0 amide bonds. The summed E-state index contributed by atoms with van der Waals surface area (Å²) in [5, 5.41) is 0.525. The predicted molar refractivity (Wildman–Crippen MR) is 92.5 cm³/mol. The Morgan fingerprint density at radius 3 is 2.19 bits per heavy atom. The molecular weight excluding hydrogens is 425 g/mol. The zero-order valence-corrected chi connectivity index (χ0v) is 14.7. The zero-order chi connectivity index (χ0) is 15.6. The van der Waals surface area contributed by atoms with Crippen LogP contribution in [0, 0.1) is 3.57 Å². The molecule has 0 radical (unpaired) electrons. The second-order valence-electron chi connectivity index (χ2n) is 4.41. The van der Waals surface area contributed by atoms with Crippen LogP contribution >= 0.6 is 34.2 Å². The summed E-state index contributed by atoms with van der Waals surface area (Å²) in [6.07, 6.45) is 1.07. The molecule has 0 bridgehead atoms. The molecule has 0 spiro atoms. The second kappa shape index (κ2) is 6.33. The molecular formula is C14H11ClINO3S. The van der Waals surface area contributed by atoms with Crippen LogP contribution in [0.15, 0.2) is 42.5 Å². The highest BCUT2D eigenvalue weighted by atomic mass is 127. The molecule has 0 heterocycles. The summed E-state index contributed by atoms with van der Waals surface area (Å²) in [6, 6.07) is 11.3. The first kappa shape index (κ1) is 16.3. The minimum absolute atomic E-state index is 0.167.